The van der Waals surface area contributed by atoms with Gasteiger partial charge in [0.25, 0.3) is 0 Å². The van der Waals surface area contributed by atoms with Gasteiger partial charge in [0.15, 0.2) is 0 Å². The SMILES string of the molecule is CN(Cc1ccncc1)C(=O)[C@@H]1CCCCN1.Cl.Cl. The van der Waals surface area contributed by atoms with Gasteiger partial charge in [0.05, 0.1) is 6.04 Å². The standard InChI is InChI=1S/C13H19N3O.2ClH/c1-16(10-11-5-8-14-9-6-11)13(17)12-4-2-3-7-15-12;;/h5-6,8-9,12,15H,2-4,7,10H2,1H3;2*1H/t12-;;/m0../s1. The van der Waals surface area contributed by atoms with Gasteiger partial charge in [-0.05, 0) is 37.1 Å². The van der Waals surface area contributed by atoms with E-state index in [4.69, 9.17) is 0 Å². The van der Waals surface area contributed by atoms with E-state index >= 15 is 0 Å². The number of nitrogens with one attached hydrogen (secondary N) is 1. The number of carbonyl (C=O) groups excluding carboxylic acids is 1. The number of hydrogen-bond donors (Lipinski definition) is 1. The Morgan fingerprint density at radius 2 is 2.05 bits per heavy atom. The van der Waals surface area contributed by atoms with Gasteiger partial charge >= 0.3 is 0 Å². The fourth-order valence-corrected chi connectivity index (χ4v) is 2.17. The third-order valence-corrected chi connectivity index (χ3v) is 3.15. The molecule has 1 N–H and O–H groups in total. The Hall–Kier alpha value is -0.840. The van der Waals surface area contributed by atoms with Crippen molar-refractivity contribution >= 4 is 30.7 Å². The lowest BCUT2D eigenvalue weighted by molar-refractivity contribution is -0.133. The van der Waals surface area contributed by atoms with Crippen LogP contribution in [0.5, 0.6) is 0 Å². The average Bonchev–Trinajstić information content (AvgIpc) is 2.40. The molecule has 1 atom stereocenters. The molecule has 6 heteroatoms. The number of halogens is 2. The van der Waals surface area contributed by atoms with Crippen LogP contribution in [0.25, 0.3) is 0 Å². The zero-order valence-corrected chi connectivity index (χ0v) is 12.7. The molecule has 1 aliphatic heterocycles. The molecular formula is C13H21Cl2N3O. The van der Waals surface area contributed by atoms with Crippen LogP contribution < -0.4 is 5.32 Å². The number of pyridine rings is 1. The maximum Gasteiger partial charge on any atom is 0.239 e. The highest BCUT2D eigenvalue weighted by Gasteiger charge is 2.23. The molecule has 1 aromatic rings. The van der Waals surface area contributed by atoms with E-state index in [-0.39, 0.29) is 36.8 Å². The normalized spacial score (nSPS) is 17.8. The molecule has 0 spiro atoms. The van der Waals surface area contributed by atoms with Gasteiger partial charge in [-0.3, -0.25) is 9.78 Å². The molecule has 0 bridgehead atoms. The summed E-state index contributed by atoms with van der Waals surface area (Å²) in [7, 11) is 1.86. The van der Waals surface area contributed by atoms with Crippen molar-refractivity contribution in [1.29, 1.82) is 0 Å². The van der Waals surface area contributed by atoms with Crippen LogP contribution in [0.4, 0.5) is 0 Å². The number of hydrogen-bond acceptors (Lipinski definition) is 3. The van der Waals surface area contributed by atoms with Crippen molar-refractivity contribution in [3.63, 3.8) is 0 Å². The second-order valence-electron chi connectivity index (χ2n) is 4.55. The predicted molar refractivity (Wildman–Crippen MR) is 80.8 cm³/mol. The second kappa shape index (κ2) is 9.13. The van der Waals surface area contributed by atoms with Crippen molar-refractivity contribution in [1.82, 2.24) is 15.2 Å². The molecule has 2 heterocycles. The number of amides is 1. The highest BCUT2D eigenvalue weighted by atomic mass is 35.5. The van der Waals surface area contributed by atoms with Crippen molar-refractivity contribution in [2.45, 2.75) is 31.8 Å². The molecule has 19 heavy (non-hydrogen) atoms. The van der Waals surface area contributed by atoms with Gasteiger partial charge in [-0.15, -0.1) is 24.8 Å². The fraction of sp³-hybridized carbons (Fsp3) is 0.538. The van der Waals surface area contributed by atoms with Crippen molar-refractivity contribution in [3.8, 4) is 0 Å². The molecule has 2 rings (SSSR count). The highest BCUT2D eigenvalue weighted by Crippen LogP contribution is 2.10. The van der Waals surface area contributed by atoms with Crippen LogP contribution in [0.2, 0.25) is 0 Å². The van der Waals surface area contributed by atoms with E-state index in [0.29, 0.717) is 6.54 Å². The summed E-state index contributed by atoms with van der Waals surface area (Å²) in [6.07, 6.45) is 6.79. The van der Waals surface area contributed by atoms with Crippen LogP contribution in [0, 0.1) is 0 Å². The quantitative estimate of drug-likeness (QED) is 0.929. The molecule has 1 saturated heterocycles. The Bertz CT molecular complexity index is 369. The summed E-state index contributed by atoms with van der Waals surface area (Å²) in [4.78, 5) is 17.9. The average molecular weight is 306 g/mol. The highest BCUT2D eigenvalue weighted by molar-refractivity contribution is 5.85. The molecule has 1 amide bonds. The molecule has 0 aliphatic carbocycles. The number of aromatic nitrogens is 1. The number of piperidine rings is 1. The Labute approximate surface area is 126 Å². The first-order valence-corrected chi connectivity index (χ1v) is 6.14. The van der Waals surface area contributed by atoms with Crippen molar-refractivity contribution < 1.29 is 4.79 Å². The summed E-state index contributed by atoms with van der Waals surface area (Å²) in [6, 6.07) is 3.89. The summed E-state index contributed by atoms with van der Waals surface area (Å²) in [5, 5.41) is 3.28. The lowest BCUT2D eigenvalue weighted by atomic mass is 10.0. The number of rotatable bonds is 3. The van der Waals surface area contributed by atoms with Crippen LogP contribution in [-0.4, -0.2) is 35.4 Å². The third kappa shape index (κ3) is 5.35. The topological polar surface area (TPSA) is 45.2 Å². The first-order valence-electron chi connectivity index (χ1n) is 6.14. The smallest absolute Gasteiger partial charge is 0.239 e. The zero-order chi connectivity index (χ0) is 12.1. The van der Waals surface area contributed by atoms with Crippen LogP contribution in [0.1, 0.15) is 24.8 Å². The molecule has 1 fully saturated rings. The van der Waals surface area contributed by atoms with E-state index in [1.807, 2.05) is 19.2 Å². The lowest BCUT2D eigenvalue weighted by Crippen LogP contribution is -2.46. The predicted octanol–water partition coefficient (Wildman–Crippen LogP) is 2.03. The maximum atomic E-state index is 12.2. The zero-order valence-electron chi connectivity index (χ0n) is 11.0. The summed E-state index contributed by atoms with van der Waals surface area (Å²) in [6.45, 7) is 1.61. The van der Waals surface area contributed by atoms with Crippen molar-refractivity contribution in [2.24, 2.45) is 0 Å². The van der Waals surface area contributed by atoms with Crippen LogP contribution in [0.3, 0.4) is 0 Å². The van der Waals surface area contributed by atoms with Crippen molar-refractivity contribution in [3.05, 3.63) is 30.1 Å². The Kier molecular flexibility index (Phi) is 8.72. The first kappa shape index (κ1) is 18.2. The minimum Gasteiger partial charge on any atom is -0.340 e. The number of nitrogens with zero attached hydrogens (tertiary/aromatic N) is 2. The van der Waals surface area contributed by atoms with E-state index in [2.05, 4.69) is 10.3 Å². The molecule has 0 saturated carbocycles. The summed E-state index contributed by atoms with van der Waals surface area (Å²) in [5.74, 6) is 0.196. The summed E-state index contributed by atoms with van der Waals surface area (Å²) < 4.78 is 0. The summed E-state index contributed by atoms with van der Waals surface area (Å²) >= 11 is 0. The molecule has 0 unspecified atom stereocenters. The summed E-state index contributed by atoms with van der Waals surface area (Å²) in [5.41, 5.74) is 1.12. The van der Waals surface area contributed by atoms with Crippen LogP contribution in [0.15, 0.2) is 24.5 Å². The van der Waals surface area contributed by atoms with E-state index in [1.165, 1.54) is 6.42 Å². The maximum absolute atomic E-state index is 12.2. The van der Waals surface area contributed by atoms with Gasteiger partial charge in [-0.2, -0.15) is 0 Å². The van der Waals surface area contributed by atoms with Gasteiger partial charge < -0.3 is 10.2 Å². The molecule has 4 nitrogen and oxygen atoms in total. The van der Waals surface area contributed by atoms with E-state index < -0.39 is 0 Å². The molecule has 108 valence electrons. The van der Waals surface area contributed by atoms with E-state index in [0.717, 1.165) is 24.9 Å². The Morgan fingerprint density at radius 3 is 2.63 bits per heavy atom. The third-order valence-electron chi connectivity index (χ3n) is 3.15. The number of likely N-dealkylation sites (N-methyl/N-ethyl adjacent to an activating group) is 1. The fourth-order valence-electron chi connectivity index (χ4n) is 2.17. The van der Waals surface area contributed by atoms with Gasteiger partial charge in [-0.25, -0.2) is 0 Å². The van der Waals surface area contributed by atoms with Gasteiger partial charge in [0.1, 0.15) is 0 Å². The van der Waals surface area contributed by atoms with Gasteiger partial charge in [-0.1, -0.05) is 6.42 Å². The van der Waals surface area contributed by atoms with Crippen LogP contribution in [-0.2, 0) is 11.3 Å². The minimum absolute atomic E-state index is 0. The Morgan fingerprint density at radius 1 is 1.37 bits per heavy atom. The molecule has 1 aromatic heterocycles. The van der Waals surface area contributed by atoms with E-state index in [9.17, 15) is 4.79 Å². The Balaban J connectivity index is 0.00000162. The largest absolute Gasteiger partial charge is 0.340 e. The van der Waals surface area contributed by atoms with Gasteiger partial charge in [0.2, 0.25) is 5.91 Å². The molecular weight excluding hydrogens is 285 g/mol. The first-order chi connectivity index (χ1) is 8.27. The number of carbonyl (C=O) groups is 1. The molecule has 0 radical (unpaired) electrons. The minimum atomic E-state index is 0. The molecule has 1 aliphatic rings. The van der Waals surface area contributed by atoms with Crippen molar-refractivity contribution in [2.75, 3.05) is 13.6 Å². The van der Waals surface area contributed by atoms with Crippen LogP contribution >= 0.6 is 24.8 Å². The van der Waals surface area contributed by atoms with Gasteiger partial charge in [0, 0.05) is 26.0 Å². The lowest BCUT2D eigenvalue weighted by Gasteiger charge is -2.27. The monoisotopic (exact) mass is 305 g/mol. The molecule has 0 aromatic carbocycles. The second-order valence-corrected chi connectivity index (χ2v) is 4.55. The van der Waals surface area contributed by atoms with E-state index in [1.54, 1.807) is 17.3 Å².